The molecule has 7 heteroatoms. The van der Waals surface area contributed by atoms with Gasteiger partial charge in [0.2, 0.25) is 10.0 Å². The summed E-state index contributed by atoms with van der Waals surface area (Å²) in [6, 6.07) is 0. The molecule has 1 saturated heterocycles. The third kappa shape index (κ3) is 2.19. The van der Waals surface area contributed by atoms with Crippen molar-refractivity contribution in [2.45, 2.75) is 38.0 Å². The van der Waals surface area contributed by atoms with Crippen molar-refractivity contribution in [3.8, 4) is 0 Å². The van der Waals surface area contributed by atoms with Crippen molar-refractivity contribution in [3.05, 3.63) is 17.1 Å². The Labute approximate surface area is 123 Å². The average Bonchev–Trinajstić information content (AvgIpc) is 3.00. The Balaban J connectivity index is 2.02. The van der Waals surface area contributed by atoms with Gasteiger partial charge in [-0.15, -0.1) is 0 Å². The number of furan rings is 1. The highest BCUT2D eigenvalue weighted by molar-refractivity contribution is 7.89. The zero-order valence-electron chi connectivity index (χ0n) is 12.1. The predicted octanol–water partition coefficient (Wildman–Crippen LogP) is 2.02. The van der Waals surface area contributed by atoms with Gasteiger partial charge < -0.3 is 9.52 Å². The Morgan fingerprint density at radius 2 is 1.76 bits per heavy atom. The maximum Gasteiger partial charge on any atom is 0.340 e. The van der Waals surface area contributed by atoms with Crippen LogP contribution in [0.3, 0.4) is 0 Å². The molecule has 0 bridgehead atoms. The van der Waals surface area contributed by atoms with E-state index in [-0.39, 0.29) is 22.0 Å². The summed E-state index contributed by atoms with van der Waals surface area (Å²) in [5.74, 6) is -0.134. The van der Waals surface area contributed by atoms with Crippen molar-refractivity contribution < 1.29 is 22.7 Å². The number of carbonyl (C=O) groups is 1. The van der Waals surface area contributed by atoms with Crippen molar-refractivity contribution >= 4 is 16.0 Å². The Kier molecular flexibility index (Phi) is 3.37. The molecule has 0 amide bonds. The number of rotatable bonds is 3. The molecule has 1 N–H and O–H groups in total. The summed E-state index contributed by atoms with van der Waals surface area (Å²) in [6.07, 6.45) is 3.28. The summed E-state index contributed by atoms with van der Waals surface area (Å²) in [5.41, 5.74) is -0.232. The van der Waals surface area contributed by atoms with Gasteiger partial charge in [0.15, 0.2) is 0 Å². The van der Waals surface area contributed by atoms with Crippen LogP contribution in [0.25, 0.3) is 0 Å². The van der Waals surface area contributed by atoms with Crippen LogP contribution < -0.4 is 0 Å². The summed E-state index contributed by atoms with van der Waals surface area (Å²) < 4.78 is 32.4. The van der Waals surface area contributed by atoms with Crippen molar-refractivity contribution in [3.63, 3.8) is 0 Å². The van der Waals surface area contributed by atoms with E-state index in [1.807, 2.05) is 0 Å². The molecule has 0 radical (unpaired) electrons. The fourth-order valence-electron chi connectivity index (χ4n) is 3.74. The number of carboxylic acid groups (broad SMARTS) is 1. The number of nitrogens with zero attached hydrogens (tertiary/aromatic N) is 1. The fraction of sp³-hybridized carbons (Fsp3) is 0.643. The largest absolute Gasteiger partial charge is 0.478 e. The van der Waals surface area contributed by atoms with Gasteiger partial charge in [-0.2, -0.15) is 4.31 Å². The van der Waals surface area contributed by atoms with Gasteiger partial charge in [0.05, 0.1) is 0 Å². The molecule has 1 aliphatic heterocycles. The van der Waals surface area contributed by atoms with Gasteiger partial charge in [-0.1, -0.05) is 6.42 Å². The lowest BCUT2D eigenvalue weighted by Gasteiger charge is -2.17. The second-order valence-corrected chi connectivity index (χ2v) is 7.87. The quantitative estimate of drug-likeness (QED) is 0.922. The highest BCUT2D eigenvalue weighted by Crippen LogP contribution is 2.41. The van der Waals surface area contributed by atoms with Crippen LogP contribution in [0.5, 0.6) is 0 Å². The van der Waals surface area contributed by atoms with Crippen LogP contribution in [0.2, 0.25) is 0 Å². The first-order chi connectivity index (χ1) is 9.82. The molecule has 21 heavy (non-hydrogen) atoms. The van der Waals surface area contributed by atoms with Gasteiger partial charge >= 0.3 is 5.97 Å². The van der Waals surface area contributed by atoms with E-state index in [4.69, 9.17) is 4.42 Å². The lowest BCUT2D eigenvalue weighted by atomic mass is 10.0. The minimum Gasteiger partial charge on any atom is -0.478 e. The molecular formula is C14H19NO5S. The van der Waals surface area contributed by atoms with Crippen LogP contribution in [-0.4, -0.2) is 36.9 Å². The smallest absolute Gasteiger partial charge is 0.340 e. The Morgan fingerprint density at radius 1 is 1.19 bits per heavy atom. The molecule has 2 heterocycles. The standard InChI is InChI=1S/C14H19NO5S/c1-8-12(14(16)17)13(9(2)20-8)21(18,19)15-6-10-4-3-5-11(10)7-15/h10-11H,3-7H2,1-2H3,(H,16,17)/t10-,11-/m0/s1. The van der Waals surface area contributed by atoms with E-state index in [9.17, 15) is 18.3 Å². The van der Waals surface area contributed by atoms with E-state index in [1.54, 1.807) is 0 Å². The van der Waals surface area contributed by atoms with Gasteiger partial charge in [0, 0.05) is 13.1 Å². The van der Waals surface area contributed by atoms with Crippen LogP contribution in [0, 0.1) is 25.7 Å². The van der Waals surface area contributed by atoms with E-state index >= 15 is 0 Å². The summed E-state index contributed by atoms with van der Waals surface area (Å²) in [5, 5.41) is 9.28. The van der Waals surface area contributed by atoms with Gasteiger partial charge in [0.25, 0.3) is 0 Å². The molecule has 2 aliphatic rings. The Morgan fingerprint density at radius 3 is 2.29 bits per heavy atom. The topological polar surface area (TPSA) is 87.8 Å². The van der Waals surface area contributed by atoms with E-state index in [1.165, 1.54) is 18.2 Å². The predicted molar refractivity (Wildman–Crippen MR) is 74.7 cm³/mol. The molecule has 1 aromatic rings. The van der Waals surface area contributed by atoms with E-state index in [0.717, 1.165) is 19.3 Å². The molecule has 2 fully saturated rings. The number of hydrogen-bond donors (Lipinski definition) is 1. The molecule has 6 nitrogen and oxygen atoms in total. The minimum atomic E-state index is -3.81. The molecular weight excluding hydrogens is 294 g/mol. The van der Waals surface area contributed by atoms with Gasteiger partial charge in [0.1, 0.15) is 22.0 Å². The summed E-state index contributed by atoms with van der Waals surface area (Å²) in [4.78, 5) is 11.2. The van der Waals surface area contributed by atoms with Crippen molar-refractivity contribution in [1.29, 1.82) is 0 Å². The summed E-state index contributed by atoms with van der Waals surface area (Å²) in [6.45, 7) is 3.98. The highest BCUT2D eigenvalue weighted by Gasteiger charge is 2.44. The number of sulfonamides is 1. The van der Waals surface area contributed by atoms with E-state index in [2.05, 4.69) is 0 Å². The Hall–Kier alpha value is -1.34. The minimum absolute atomic E-state index is 0.137. The van der Waals surface area contributed by atoms with Crippen LogP contribution in [0.4, 0.5) is 0 Å². The summed E-state index contributed by atoms with van der Waals surface area (Å²) in [7, 11) is -3.81. The fourth-order valence-corrected chi connectivity index (χ4v) is 5.67. The lowest BCUT2D eigenvalue weighted by Crippen LogP contribution is -2.31. The van der Waals surface area contributed by atoms with Gasteiger partial charge in [-0.3, -0.25) is 0 Å². The van der Waals surface area contributed by atoms with E-state index in [0.29, 0.717) is 24.9 Å². The monoisotopic (exact) mass is 313 g/mol. The highest BCUT2D eigenvalue weighted by atomic mass is 32.2. The Bertz CT molecular complexity index is 678. The van der Waals surface area contributed by atoms with Crippen LogP contribution in [0.1, 0.15) is 41.1 Å². The molecule has 0 unspecified atom stereocenters. The number of aromatic carboxylic acids is 1. The van der Waals surface area contributed by atoms with Gasteiger partial charge in [-0.05, 0) is 38.5 Å². The maximum atomic E-state index is 12.8. The van der Waals surface area contributed by atoms with Crippen molar-refractivity contribution in [1.82, 2.24) is 4.31 Å². The molecule has 0 aromatic carbocycles. The van der Waals surface area contributed by atoms with Crippen molar-refractivity contribution in [2.75, 3.05) is 13.1 Å². The zero-order chi connectivity index (χ0) is 15.4. The first kappa shape index (κ1) is 14.6. The molecule has 1 aliphatic carbocycles. The molecule has 3 rings (SSSR count). The molecule has 1 aromatic heterocycles. The SMILES string of the molecule is Cc1oc(C)c(S(=O)(=O)N2C[C@@H]3CCC[C@H]3C2)c1C(=O)O. The normalized spacial score (nSPS) is 26.2. The first-order valence-electron chi connectivity index (χ1n) is 7.15. The third-order valence-corrected chi connectivity index (χ3v) is 6.70. The number of fused-ring (bicyclic) bond motifs is 1. The maximum absolute atomic E-state index is 12.8. The van der Waals surface area contributed by atoms with Gasteiger partial charge in [-0.25, -0.2) is 13.2 Å². The third-order valence-electron chi connectivity index (χ3n) is 4.71. The number of hydrogen-bond acceptors (Lipinski definition) is 4. The first-order valence-corrected chi connectivity index (χ1v) is 8.59. The molecule has 2 atom stereocenters. The second kappa shape index (κ2) is 4.84. The zero-order valence-corrected chi connectivity index (χ0v) is 12.9. The molecule has 116 valence electrons. The van der Waals surface area contributed by atoms with E-state index < -0.39 is 16.0 Å². The second-order valence-electron chi connectivity index (χ2n) is 6.00. The van der Waals surface area contributed by atoms with Crippen LogP contribution >= 0.6 is 0 Å². The average molecular weight is 313 g/mol. The van der Waals surface area contributed by atoms with Crippen LogP contribution in [-0.2, 0) is 10.0 Å². The van der Waals surface area contributed by atoms with Crippen LogP contribution in [0.15, 0.2) is 9.31 Å². The number of aryl methyl sites for hydroxylation is 2. The molecule has 1 saturated carbocycles. The van der Waals surface area contributed by atoms with Crippen molar-refractivity contribution in [2.24, 2.45) is 11.8 Å². The summed E-state index contributed by atoms with van der Waals surface area (Å²) >= 11 is 0. The molecule has 0 spiro atoms. The lowest BCUT2D eigenvalue weighted by molar-refractivity contribution is 0.0691. The number of carboxylic acids is 1.